The lowest BCUT2D eigenvalue weighted by atomic mass is 10.2. The molecule has 1 aliphatic heterocycles. The molecule has 1 N–H and O–H groups in total. The Morgan fingerprint density at radius 3 is 3.10 bits per heavy atom. The van der Waals surface area contributed by atoms with Gasteiger partial charge in [-0.1, -0.05) is 5.16 Å². The van der Waals surface area contributed by atoms with E-state index in [-0.39, 0.29) is 12.1 Å². The van der Waals surface area contributed by atoms with E-state index < -0.39 is 0 Å². The number of aromatic amines is 1. The number of ether oxygens (including phenoxy) is 1. The average Bonchev–Trinajstić information content (AvgIpc) is 2.95. The van der Waals surface area contributed by atoms with E-state index in [1.54, 1.807) is 13.4 Å². The normalized spacial score (nSPS) is 26.5. The molecule has 2 aromatic rings. The summed E-state index contributed by atoms with van der Waals surface area (Å²) in [6, 6.07) is 2.10. The number of likely N-dealkylation sites (tertiary alicyclic amines) is 1. The molecule has 21 heavy (non-hydrogen) atoms. The van der Waals surface area contributed by atoms with Crippen LogP contribution < -0.4 is 0 Å². The van der Waals surface area contributed by atoms with E-state index in [1.807, 2.05) is 6.07 Å². The maximum atomic E-state index is 5.53. The van der Waals surface area contributed by atoms with Crippen LogP contribution in [0, 0.1) is 0 Å². The Balaban J connectivity index is 1.54. The third-order valence-electron chi connectivity index (χ3n) is 4.33. The Bertz CT molecular complexity index is 592. The second kappa shape index (κ2) is 5.23. The van der Waals surface area contributed by atoms with Crippen molar-refractivity contribution >= 4 is 0 Å². The van der Waals surface area contributed by atoms with Crippen LogP contribution in [0.25, 0.3) is 0 Å². The van der Waals surface area contributed by atoms with Crippen LogP contribution in [-0.2, 0) is 11.3 Å². The second-order valence-electron chi connectivity index (χ2n) is 5.88. The third-order valence-corrected chi connectivity index (χ3v) is 4.33. The fourth-order valence-corrected chi connectivity index (χ4v) is 2.98. The smallest absolute Gasteiger partial charge is 0.153 e. The molecule has 0 amide bonds. The fraction of sp³-hybridized carbons (Fsp3) is 0.643. The standard InChI is InChI=1S/C14H19N5O2/c1-20-11-6-12(14-15-13(16-17-14)9-2-3-9)19(8-11)7-10-4-5-21-18-10/h4-5,9,11-12H,2-3,6-8H2,1H3,(H,15,16,17)/t11-,12+/m1/s1. The second-order valence-corrected chi connectivity index (χ2v) is 5.88. The predicted octanol–water partition coefficient (Wildman–Crippen LogP) is 1.63. The van der Waals surface area contributed by atoms with Gasteiger partial charge in [-0.05, 0) is 19.3 Å². The minimum Gasteiger partial charge on any atom is -0.380 e. The zero-order valence-electron chi connectivity index (χ0n) is 12.0. The summed E-state index contributed by atoms with van der Waals surface area (Å²) >= 11 is 0. The Morgan fingerprint density at radius 2 is 2.38 bits per heavy atom. The topological polar surface area (TPSA) is 80.1 Å². The summed E-state index contributed by atoms with van der Waals surface area (Å²) in [5.74, 6) is 2.48. The van der Waals surface area contributed by atoms with Crippen molar-refractivity contribution in [2.24, 2.45) is 0 Å². The van der Waals surface area contributed by atoms with E-state index >= 15 is 0 Å². The van der Waals surface area contributed by atoms with Crippen molar-refractivity contribution < 1.29 is 9.26 Å². The fourth-order valence-electron chi connectivity index (χ4n) is 2.98. The summed E-state index contributed by atoms with van der Waals surface area (Å²) in [4.78, 5) is 7.02. The quantitative estimate of drug-likeness (QED) is 0.901. The summed E-state index contributed by atoms with van der Waals surface area (Å²) in [7, 11) is 1.76. The monoisotopic (exact) mass is 289 g/mol. The van der Waals surface area contributed by atoms with Gasteiger partial charge in [-0.15, -0.1) is 0 Å². The molecule has 0 bridgehead atoms. The van der Waals surface area contributed by atoms with Crippen LogP contribution in [0.2, 0.25) is 0 Å². The Hall–Kier alpha value is -1.73. The van der Waals surface area contributed by atoms with Gasteiger partial charge in [0.05, 0.1) is 17.8 Å². The average molecular weight is 289 g/mol. The molecule has 3 heterocycles. The number of hydrogen-bond donors (Lipinski definition) is 1. The molecule has 2 aromatic heterocycles. The molecule has 0 radical (unpaired) electrons. The van der Waals surface area contributed by atoms with Gasteiger partial charge in [-0.2, -0.15) is 5.10 Å². The first-order valence-corrected chi connectivity index (χ1v) is 7.42. The van der Waals surface area contributed by atoms with Crippen LogP contribution in [0.5, 0.6) is 0 Å². The lowest BCUT2D eigenvalue weighted by Crippen LogP contribution is -2.25. The molecule has 0 aromatic carbocycles. The number of hydrogen-bond acceptors (Lipinski definition) is 6. The van der Waals surface area contributed by atoms with Crippen LogP contribution in [0.4, 0.5) is 0 Å². The molecule has 0 unspecified atom stereocenters. The minimum absolute atomic E-state index is 0.201. The van der Waals surface area contributed by atoms with Crippen LogP contribution in [-0.4, -0.2) is 45.0 Å². The van der Waals surface area contributed by atoms with Gasteiger partial charge in [0.15, 0.2) is 5.82 Å². The highest BCUT2D eigenvalue weighted by molar-refractivity contribution is 5.09. The molecular weight excluding hydrogens is 270 g/mol. The maximum Gasteiger partial charge on any atom is 0.153 e. The highest BCUT2D eigenvalue weighted by atomic mass is 16.5. The minimum atomic E-state index is 0.201. The van der Waals surface area contributed by atoms with E-state index in [0.29, 0.717) is 5.92 Å². The van der Waals surface area contributed by atoms with Crippen molar-refractivity contribution in [2.75, 3.05) is 13.7 Å². The van der Waals surface area contributed by atoms with Crippen LogP contribution in [0.3, 0.4) is 0 Å². The summed E-state index contributed by atoms with van der Waals surface area (Å²) in [6.07, 6.45) is 5.18. The van der Waals surface area contributed by atoms with Crippen molar-refractivity contribution in [3.63, 3.8) is 0 Å². The highest BCUT2D eigenvalue weighted by Gasteiger charge is 2.37. The first-order valence-electron chi connectivity index (χ1n) is 7.42. The van der Waals surface area contributed by atoms with Crippen molar-refractivity contribution in [3.8, 4) is 0 Å². The Kier molecular flexibility index (Phi) is 3.23. The number of H-pyrrole nitrogens is 1. The first-order chi connectivity index (χ1) is 10.3. The van der Waals surface area contributed by atoms with Crippen molar-refractivity contribution in [3.05, 3.63) is 29.7 Å². The molecule has 7 nitrogen and oxygen atoms in total. The maximum absolute atomic E-state index is 5.53. The van der Waals surface area contributed by atoms with Gasteiger partial charge >= 0.3 is 0 Å². The van der Waals surface area contributed by atoms with Gasteiger partial charge in [0.2, 0.25) is 0 Å². The molecule has 112 valence electrons. The van der Waals surface area contributed by atoms with Gasteiger partial charge in [-0.25, -0.2) is 4.98 Å². The number of aromatic nitrogens is 4. The van der Waals surface area contributed by atoms with Crippen LogP contribution in [0.1, 0.15) is 48.6 Å². The van der Waals surface area contributed by atoms with Gasteiger partial charge in [-0.3, -0.25) is 10.00 Å². The summed E-state index contributed by atoms with van der Waals surface area (Å²) in [5, 5.41) is 11.5. The molecular formula is C14H19N5O2. The molecule has 7 heteroatoms. The van der Waals surface area contributed by atoms with E-state index in [1.165, 1.54) is 12.8 Å². The van der Waals surface area contributed by atoms with E-state index in [4.69, 9.17) is 14.2 Å². The Morgan fingerprint density at radius 1 is 1.48 bits per heavy atom. The van der Waals surface area contributed by atoms with Crippen molar-refractivity contribution in [2.45, 2.75) is 43.9 Å². The Labute approximate surface area is 122 Å². The van der Waals surface area contributed by atoms with Crippen molar-refractivity contribution in [1.29, 1.82) is 0 Å². The zero-order valence-corrected chi connectivity index (χ0v) is 12.0. The first kappa shape index (κ1) is 13.0. The third kappa shape index (κ3) is 2.58. The lowest BCUT2D eigenvalue weighted by molar-refractivity contribution is 0.107. The lowest BCUT2D eigenvalue weighted by Gasteiger charge is -2.20. The molecule has 1 saturated carbocycles. The SMILES string of the molecule is CO[C@@H]1C[C@@H](c2nc(C3CC3)n[nH]2)N(Cc2ccon2)C1. The van der Waals surface area contributed by atoms with Gasteiger partial charge in [0.25, 0.3) is 0 Å². The summed E-state index contributed by atoms with van der Waals surface area (Å²) < 4.78 is 10.5. The van der Waals surface area contributed by atoms with Crippen LogP contribution in [0.15, 0.2) is 16.9 Å². The van der Waals surface area contributed by atoms with Crippen LogP contribution >= 0.6 is 0 Å². The van der Waals surface area contributed by atoms with E-state index in [2.05, 4.69) is 20.3 Å². The molecule has 2 aliphatic rings. The van der Waals surface area contributed by atoms with E-state index in [0.717, 1.165) is 36.9 Å². The molecule has 0 spiro atoms. The van der Waals surface area contributed by atoms with Crippen molar-refractivity contribution in [1.82, 2.24) is 25.2 Å². The number of methoxy groups -OCH3 is 1. The molecule has 2 atom stereocenters. The predicted molar refractivity (Wildman–Crippen MR) is 73.4 cm³/mol. The van der Waals surface area contributed by atoms with Gasteiger partial charge < -0.3 is 9.26 Å². The van der Waals surface area contributed by atoms with Gasteiger partial charge in [0.1, 0.15) is 12.1 Å². The molecule has 1 aliphatic carbocycles. The molecule has 4 rings (SSSR count). The number of nitrogens with zero attached hydrogens (tertiary/aromatic N) is 4. The largest absolute Gasteiger partial charge is 0.380 e. The number of nitrogens with one attached hydrogen (secondary N) is 1. The summed E-state index contributed by atoms with van der Waals surface area (Å²) in [6.45, 7) is 1.61. The molecule has 1 saturated heterocycles. The highest BCUT2D eigenvalue weighted by Crippen LogP contribution is 2.39. The zero-order chi connectivity index (χ0) is 14.2. The summed E-state index contributed by atoms with van der Waals surface area (Å²) in [5.41, 5.74) is 0.929. The van der Waals surface area contributed by atoms with E-state index in [9.17, 15) is 0 Å². The molecule has 2 fully saturated rings. The number of rotatable bonds is 5. The van der Waals surface area contributed by atoms with Gasteiger partial charge in [0, 0.05) is 32.2 Å².